The first-order chi connectivity index (χ1) is 15.0. The summed E-state index contributed by atoms with van der Waals surface area (Å²) in [6, 6.07) is 5.08. The largest absolute Gasteiger partial charge is 0.378 e. The number of aromatic nitrogens is 2. The number of nitrogens with zero attached hydrogens (tertiary/aromatic N) is 3. The molecule has 1 aromatic carbocycles. The SMILES string of the molecule is CCCCNS(=O)(=O)c1ccc2c(c1)nc(SCC(=O)N1CCOCC1)n2CCCC. The molecule has 1 aliphatic heterocycles. The van der Waals surface area contributed by atoms with Gasteiger partial charge in [0.25, 0.3) is 0 Å². The summed E-state index contributed by atoms with van der Waals surface area (Å²) in [5.74, 6) is 0.380. The van der Waals surface area contributed by atoms with Gasteiger partial charge in [0.1, 0.15) is 0 Å². The second-order valence-corrected chi connectivity index (χ2v) is 10.3. The fourth-order valence-electron chi connectivity index (χ4n) is 3.39. The van der Waals surface area contributed by atoms with E-state index < -0.39 is 10.0 Å². The van der Waals surface area contributed by atoms with E-state index in [2.05, 4.69) is 16.2 Å². The topological polar surface area (TPSA) is 93.5 Å². The van der Waals surface area contributed by atoms with Crippen molar-refractivity contribution in [3.8, 4) is 0 Å². The zero-order chi connectivity index (χ0) is 22.3. The molecular formula is C21H32N4O4S2. The van der Waals surface area contributed by atoms with Gasteiger partial charge >= 0.3 is 0 Å². The Balaban J connectivity index is 1.81. The molecule has 0 radical (unpaired) electrons. The number of rotatable bonds is 11. The van der Waals surface area contributed by atoms with Crippen molar-refractivity contribution >= 4 is 38.7 Å². The van der Waals surface area contributed by atoms with Crippen LogP contribution in [0.15, 0.2) is 28.3 Å². The first-order valence-electron chi connectivity index (χ1n) is 10.9. The molecule has 31 heavy (non-hydrogen) atoms. The Labute approximate surface area is 188 Å². The molecule has 172 valence electrons. The smallest absolute Gasteiger partial charge is 0.240 e. The molecule has 3 rings (SSSR count). The number of sulfonamides is 1. The lowest BCUT2D eigenvalue weighted by atomic mass is 10.3. The molecule has 10 heteroatoms. The number of aryl methyl sites for hydroxylation is 1. The first kappa shape index (κ1) is 24.0. The van der Waals surface area contributed by atoms with E-state index in [-0.39, 0.29) is 10.8 Å². The number of ether oxygens (including phenoxy) is 1. The Morgan fingerprint density at radius 1 is 1.19 bits per heavy atom. The van der Waals surface area contributed by atoms with E-state index in [0.717, 1.165) is 42.9 Å². The second kappa shape index (κ2) is 11.3. The number of morpholine rings is 1. The number of imidazole rings is 1. The number of benzene rings is 1. The molecule has 0 spiro atoms. The summed E-state index contributed by atoms with van der Waals surface area (Å²) in [4.78, 5) is 19.3. The molecule has 1 fully saturated rings. The van der Waals surface area contributed by atoms with Gasteiger partial charge in [-0.3, -0.25) is 4.79 Å². The van der Waals surface area contributed by atoms with Crippen molar-refractivity contribution in [3.63, 3.8) is 0 Å². The van der Waals surface area contributed by atoms with Crippen LogP contribution in [-0.4, -0.2) is 67.4 Å². The van der Waals surface area contributed by atoms with Crippen LogP contribution >= 0.6 is 11.8 Å². The highest BCUT2D eigenvalue weighted by atomic mass is 32.2. The number of hydrogen-bond acceptors (Lipinski definition) is 6. The summed E-state index contributed by atoms with van der Waals surface area (Å²) < 4.78 is 35.2. The minimum absolute atomic E-state index is 0.0748. The third-order valence-electron chi connectivity index (χ3n) is 5.24. The number of unbranched alkanes of at least 4 members (excludes halogenated alkanes) is 2. The zero-order valence-electron chi connectivity index (χ0n) is 18.3. The van der Waals surface area contributed by atoms with Gasteiger partial charge in [-0.05, 0) is 31.0 Å². The average molecular weight is 469 g/mol. The predicted octanol–water partition coefficient (Wildman–Crippen LogP) is 2.87. The Morgan fingerprint density at radius 2 is 1.94 bits per heavy atom. The lowest BCUT2D eigenvalue weighted by Gasteiger charge is -2.26. The van der Waals surface area contributed by atoms with Gasteiger partial charge in [0, 0.05) is 26.2 Å². The van der Waals surface area contributed by atoms with Crippen molar-refractivity contribution in [3.05, 3.63) is 18.2 Å². The fourth-order valence-corrected chi connectivity index (χ4v) is 5.43. The maximum absolute atomic E-state index is 12.6. The number of carbonyl (C=O) groups is 1. The quantitative estimate of drug-likeness (QED) is 0.403. The third-order valence-corrected chi connectivity index (χ3v) is 7.66. The molecule has 0 aliphatic carbocycles. The molecule has 1 N–H and O–H groups in total. The van der Waals surface area contributed by atoms with E-state index in [4.69, 9.17) is 9.72 Å². The van der Waals surface area contributed by atoms with Crippen LogP contribution < -0.4 is 4.72 Å². The molecule has 0 atom stereocenters. The summed E-state index contributed by atoms with van der Waals surface area (Å²) in [5, 5.41) is 0.749. The minimum atomic E-state index is -3.56. The summed E-state index contributed by atoms with van der Waals surface area (Å²) in [6.45, 7) is 7.75. The molecule has 0 bridgehead atoms. The van der Waals surface area contributed by atoms with Gasteiger partial charge in [0.15, 0.2) is 5.16 Å². The molecule has 8 nitrogen and oxygen atoms in total. The maximum atomic E-state index is 12.6. The van der Waals surface area contributed by atoms with E-state index in [9.17, 15) is 13.2 Å². The average Bonchev–Trinajstić information content (AvgIpc) is 3.13. The summed E-state index contributed by atoms with van der Waals surface area (Å²) in [6.07, 6.45) is 3.73. The Hall–Kier alpha value is -1.62. The lowest BCUT2D eigenvalue weighted by molar-refractivity contribution is -0.132. The van der Waals surface area contributed by atoms with Gasteiger partial charge in [0.2, 0.25) is 15.9 Å². The van der Waals surface area contributed by atoms with Gasteiger partial charge in [-0.1, -0.05) is 38.5 Å². The van der Waals surface area contributed by atoms with E-state index in [1.807, 2.05) is 17.9 Å². The highest BCUT2D eigenvalue weighted by Crippen LogP contribution is 2.27. The molecule has 2 aromatic rings. The molecular weight excluding hydrogens is 436 g/mol. The summed E-state index contributed by atoms with van der Waals surface area (Å²) in [5.41, 5.74) is 1.53. The fraction of sp³-hybridized carbons (Fsp3) is 0.619. The van der Waals surface area contributed by atoms with Crippen LogP contribution in [0.25, 0.3) is 11.0 Å². The molecule has 1 amide bonds. The van der Waals surface area contributed by atoms with E-state index in [1.54, 1.807) is 12.1 Å². The van der Waals surface area contributed by atoms with Crippen molar-refractivity contribution in [2.45, 2.75) is 56.1 Å². The van der Waals surface area contributed by atoms with Crippen molar-refractivity contribution in [1.82, 2.24) is 19.2 Å². The Morgan fingerprint density at radius 3 is 2.65 bits per heavy atom. The summed E-state index contributed by atoms with van der Waals surface area (Å²) >= 11 is 1.41. The zero-order valence-corrected chi connectivity index (χ0v) is 19.9. The van der Waals surface area contributed by atoms with Crippen LogP contribution in [0.1, 0.15) is 39.5 Å². The Kier molecular flexibility index (Phi) is 8.76. The monoisotopic (exact) mass is 468 g/mol. The number of amides is 1. The molecule has 0 unspecified atom stereocenters. The first-order valence-corrected chi connectivity index (χ1v) is 13.4. The van der Waals surface area contributed by atoms with E-state index >= 15 is 0 Å². The van der Waals surface area contributed by atoms with Crippen LogP contribution in [0.2, 0.25) is 0 Å². The van der Waals surface area contributed by atoms with Gasteiger partial charge < -0.3 is 14.2 Å². The van der Waals surface area contributed by atoms with Crippen LogP contribution in [0.3, 0.4) is 0 Å². The van der Waals surface area contributed by atoms with Crippen molar-refractivity contribution < 1.29 is 17.9 Å². The van der Waals surface area contributed by atoms with Crippen LogP contribution in [0.4, 0.5) is 0 Å². The number of nitrogens with one attached hydrogen (secondary N) is 1. The molecule has 0 saturated carbocycles. The molecule has 2 heterocycles. The van der Waals surface area contributed by atoms with Crippen LogP contribution in [0.5, 0.6) is 0 Å². The highest BCUT2D eigenvalue weighted by molar-refractivity contribution is 7.99. The minimum Gasteiger partial charge on any atom is -0.378 e. The predicted molar refractivity (Wildman–Crippen MR) is 123 cm³/mol. The number of carbonyl (C=O) groups excluding carboxylic acids is 1. The van der Waals surface area contributed by atoms with Crippen LogP contribution in [-0.2, 0) is 26.1 Å². The number of fused-ring (bicyclic) bond motifs is 1. The molecule has 1 aromatic heterocycles. The van der Waals surface area contributed by atoms with Crippen LogP contribution in [0, 0.1) is 0 Å². The van der Waals surface area contributed by atoms with Gasteiger partial charge in [0.05, 0.1) is 34.9 Å². The van der Waals surface area contributed by atoms with Gasteiger partial charge in [-0.25, -0.2) is 18.1 Å². The van der Waals surface area contributed by atoms with E-state index in [1.165, 1.54) is 11.8 Å². The number of hydrogen-bond donors (Lipinski definition) is 1. The van der Waals surface area contributed by atoms with Crippen molar-refractivity contribution in [2.24, 2.45) is 0 Å². The normalized spacial score (nSPS) is 15.0. The van der Waals surface area contributed by atoms with Gasteiger partial charge in [-0.15, -0.1) is 0 Å². The molecule has 1 aliphatic rings. The van der Waals surface area contributed by atoms with Gasteiger partial charge in [-0.2, -0.15) is 0 Å². The van der Waals surface area contributed by atoms with Crippen molar-refractivity contribution in [2.75, 3.05) is 38.6 Å². The molecule has 1 saturated heterocycles. The number of thioether (sulfide) groups is 1. The van der Waals surface area contributed by atoms with Crippen molar-refractivity contribution in [1.29, 1.82) is 0 Å². The highest BCUT2D eigenvalue weighted by Gasteiger charge is 2.20. The van der Waals surface area contributed by atoms with E-state index in [0.29, 0.717) is 44.1 Å². The Bertz CT molecular complexity index is 985. The lowest BCUT2D eigenvalue weighted by Crippen LogP contribution is -2.41. The second-order valence-electron chi connectivity index (χ2n) is 7.58. The summed E-state index contributed by atoms with van der Waals surface area (Å²) in [7, 11) is -3.56. The third kappa shape index (κ3) is 6.21. The standard InChI is InChI=1S/C21H32N4O4S2/c1-3-5-9-22-31(27,28)17-7-8-19-18(15-17)23-21(25(19)10-6-4-2)30-16-20(26)24-11-13-29-14-12-24/h7-8,15,22H,3-6,9-14,16H2,1-2H3. The maximum Gasteiger partial charge on any atom is 0.240 e.